The summed E-state index contributed by atoms with van der Waals surface area (Å²) in [5.41, 5.74) is -0.0868. The number of carboxylic acids is 1. The molecular weight excluding hydrogens is 268 g/mol. The minimum absolute atomic E-state index is 0.0712. The Hall–Kier alpha value is -1.91. The maximum atomic E-state index is 12.0. The molecular formula is C12H14N2O4S. The lowest BCUT2D eigenvalue weighted by Crippen LogP contribution is -2.37. The molecule has 0 aliphatic heterocycles. The molecule has 7 heteroatoms. The van der Waals surface area contributed by atoms with Crippen LogP contribution in [-0.2, 0) is 10.0 Å². The molecule has 6 nitrogen and oxygen atoms in total. The van der Waals surface area contributed by atoms with Gasteiger partial charge in [-0.05, 0) is 18.1 Å². The molecule has 0 aromatic carbocycles. The van der Waals surface area contributed by atoms with Crippen LogP contribution in [0.25, 0.3) is 0 Å². The van der Waals surface area contributed by atoms with Crippen LogP contribution < -0.4 is 4.72 Å². The maximum Gasteiger partial charge on any atom is 0.337 e. The zero-order valence-electron chi connectivity index (χ0n) is 10.5. The van der Waals surface area contributed by atoms with Crippen molar-refractivity contribution < 1.29 is 18.3 Å². The van der Waals surface area contributed by atoms with E-state index in [9.17, 15) is 13.2 Å². The number of carbonyl (C=O) groups is 1. The monoisotopic (exact) mass is 282 g/mol. The summed E-state index contributed by atoms with van der Waals surface area (Å²) in [7, 11) is -3.86. The summed E-state index contributed by atoms with van der Waals surface area (Å²) < 4.78 is 26.3. The van der Waals surface area contributed by atoms with Gasteiger partial charge in [-0.15, -0.1) is 6.42 Å². The summed E-state index contributed by atoms with van der Waals surface area (Å²) in [4.78, 5) is 14.3. The summed E-state index contributed by atoms with van der Waals surface area (Å²) >= 11 is 0. The van der Waals surface area contributed by atoms with Gasteiger partial charge in [-0.25, -0.2) is 18.2 Å². The van der Waals surface area contributed by atoms with E-state index in [1.165, 1.54) is 6.07 Å². The van der Waals surface area contributed by atoms with E-state index < -0.39 is 22.0 Å². The molecule has 1 heterocycles. The Morgan fingerprint density at radius 2 is 2.11 bits per heavy atom. The molecule has 0 spiro atoms. The van der Waals surface area contributed by atoms with E-state index in [4.69, 9.17) is 11.5 Å². The second-order valence-corrected chi connectivity index (χ2v) is 5.86. The smallest absolute Gasteiger partial charge is 0.337 e. The Balaban J connectivity index is 3.01. The van der Waals surface area contributed by atoms with Gasteiger partial charge in [0, 0.05) is 6.20 Å². The first-order valence-electron chi connectivity index (χ1n) is 5.45. The Labute approximate surface area is 111 Å². The lowest BCUT2D eigenvalue weighted by atomic mass is 10.1. The zero-order valence-corrected chi connectivity index (χ0v) is 11.3. The molecule has 2 N–H and O–H groups in total. The summed E-state index contributed by atoms with van der Waals surface area (Å²) in [6.07, 6.45) is 6.23. The summed E-state index contributed by atoms with van der Waals surface area (Å²) in [6, 6.07) is 1.65. The Kier molecular flexibility index (Phi) is 4.64. The van der Waals surface area contributed by atoms with E-state index in [0.29, 0.717) is 0 Å². The summed E-state index contributed by atoms with van der Waals surface area (Å²) in [6.45, 7) is 3.57. The fraction of sp³-hybridized carbons (Fsp3) is 0.333. The van der Waals surface area contributed by atoms with Crippen molar-refractivity contribution in [2.75, 3.05) is 0 Å². The van der Waals surface area contributed by atoms with Crippen LogP contribution in [0.3, 0.4) is 0 Å². The number of aromatic nitrogens is 1. The minimum Gasteiger partial charge on any atom is -0.478 e. The third-order valence-electron chi connectivity index (χ3n) is 2.39. The van der Waals surface area contributed by atoms with Gasteiger partial charge >= 0.3 is 5.97 Å². The average molecular weight is 282 g/mol. The van der Waals surface area contributed by atoms with Crippen LogP contribution in [0.15, 0.2) is 23.4 Å². The number of rotatable bonds is 5. The molecule has 0 bridgehead atoms. The number of nitrogens with one attached hydrogen (secondary N) is 1. The lowest BCUT2D eigenvalue weighted by molar-refractivity contribution is 0.0696. The van der Waals surface area contributed by atoms with Crippen molar-refractivity contribution in [3.05, 3.63) is 23.9 Å². The molecule has 1 atom stereocenters. The van der Waals surface area contributed by atoms with Crippen molar-refractivity contribution in [1.29, 1.82) is 0 Å². The number of hydrogen-bond acceptors (Lipinski definition) is 4. The topological polar surface area (TPSA) is 96.4 Å². The van der Waals surface area contributed by atoms with Crippen LogP contribution in [0, 0.1) is 18.3 Å². The normalized spacial score (nSPS) is 12.9. The standard InChI is InChI=1S/C12H14N2O4S/c1-4-10(8(2)3)14-19(17,18)11-6-5-9(7-13-11)12(15)16/h1,5-8,10,14H,2-3H3,(H,15,16). The second kappa shape index (κ2) is 5.82. The third-order valence-corrected chi connectivity index (χ3v) is 3.74. The number of carboxylic acid groups (broad SMARTS) is 1. The summed E-state index contributed by atoms with van der Waals surface area (Å²) in [5, 5.41) is 8.44. The number of hydrogen-bond donors (Lipinski definition) is 2. The highest BCUT2D eigenvalue weighted by Crippen LogP contribution is 2.10. The highest BCUT2D eigenvalue weighted by Gasteiger charge is 2.22. The van der Waals surface area contributed by atoms with Gasteiger partial charge in [0.1, 0.15) is 0 Å². The quantitative estimate of drug-likeness (QED) is 0.776. The van der Waals surface area contributed by atoms with Crippen molar-refractivity contribution in [2.24, 2.45) is 5.92 Å². The molecule has 0 radical (unpaired) electrons. The molecule has 0 saturated carbocycles. The molecule has 0 aliphatic rings. The number of nitrogens with zero attached hydrogens (tertiary/aromatic N) is 1. The molecule has 1 rings (SSSR count). The minimum atomic E-state index is -3.86. The van der Waals surface area contributed by atoms with Crippen LogP contribution >= 0.6 is 0 Å². The van der Waals surface area contributed by atoms with Crippen molar-refractivity contribution in [3.8, 4) is 12.3 Å². The van der Waals surface area contributed by atoms with Crippen molar-refractivity contribution in [2.45, 2.75) is 24.9 Å². The Morgan fingerprint density at radius 3 is 2.47 bits per heavy atom. The SMILES string of the molecule is C#CC(NS(=O)(=O)c1ccc(C(=O)O)cn1)C(C)C. The fourth-order valence-corrected chi connectivity index (χ4v) is 2.49. The average Bonchev–Trinajstić information content (AvgIpc) is 2.35. The van der Waals surface area contributed by atoms with Gasteiger partial charge in [0.15, 0.2) is 5.03 Å². The molecule has 19 heavy (non-hydrogen) atoms. The largest absolute Gasteiger partial charge is 0.478 e. The van der Waals surface area contributed by atoms with Gasteiger partial charge in [-0.2, -0.15) is 4.72 Å². The molecule has 102 valence electrons. The Morgan fingerprint density at radius 1 is 1.47 bits per heavy atom. The number of sulfonamides is 1. The highest BCUT2D eigenvalue weighted by molar-refractivity contribution is 7.89. The molecule has 1 unspecified atom stereocenters. The van der Waals surface area contributed by atoms with Gasteiger partial charge in [-0.3, -0.25) is 0 Å². The van der Waals surface area contributed by atoms with Gasteiger partial charge in [0.05, 0.1) is 11.6 Å². The van der Waals surface area contributed by atoms with E-state index in [0.717, 1.165) is 12.3 Å². The first kappa shape index (κ1) is 15.1. The van der Waals surface area contributed by atoms with E-state index in [1.807, 2.05) is 0 Å². The molecule has 1 aromatic heterocycles. The van der Waals surface area contributed by atoms with E-state index >= 15 is 0 Å². The van der Waals surface area contributed by atoms with Crippen LogP contribution in [0.2, 0.25) is 0 Å². The second-order valence-electron chi connectivity index (χ2n) is 4.20. The van der Waals surface area contributed by atoms with Crippen LogP contribution in [0.1, 0.15) is 24.2 Å². The van der Waals surface area contributed by atoms with Gasteiger partial charge in [0.2, 0.25) is 0 Å². The summed E-state index contributed by atoms with van der Waals surface area (Å²) in [5.74, 6) is 1.10. The van der Waals surface area contributed by atoms with E-state index in [-0.39, 0.29) is 16.5 Å². The van der Waals surface area contributed by atoms with Crippen LogP contribution in [0.5, 0.6) is 0 Å². The van der Waals surface area contributed by atoms with Crippen molar-refractivity contribution in [1.82, 2.24) is 9.71 Å². The number of aromatic carboxylic acids is 1. The van der Waals surface area contributed by atoms with Crippen molar-refractivity contribution >= 4 is 16.0 Å². The van der Waals surface area contributed by atoms with E-state index in [2.05, 4.69) is 15.6 Å². The first-order chi connectivity index (χ1) is 8.77. The molecule has 0 amide bonds. The molecule has 0 fully saturated rings. The predicted octanol–water partition coefficient (Wildman–Crippen LogP) is 0.716. The van der Waals surface area contributed by atoms with Gasteiger partial charge in [-0.1, -0.05) is 19.8 Å². The highest BCUT2D eigenvalue weighted by atomic mass is 32.2. The molecule has 0 aliphatic carbocycles. The third kappa shape index (κ3) is 3.77. The lowest BCUT2D eigenvalue weighted by Gasteiger charge is -2.16. The predicted molar refractivity (Wildman–Crippen MR) is 69.0 cm³/mol. The first-order valence-corrected chi connectivity index (χ1v) is 6.94. The van der Waals surface area contributed by atoms with Crippen molar-refractivity contribution in [3.63, 3.8) is 0 Å². The van der Waals surface area contributed by atoms with Gasteiger partial charge in [0.25, 0.3) is 10.0 Å². The molecule has 1 aromatic rings. The number of terminal acetylenes is 1. The number of pyridine rings is 1. The Bertz CT molecular complexity index is 600. The van der Waals surface area contributed by atoms with E-state index in [1.54, 1.807) is 13.8 Å². The van der Waals surface area contributed by atoms with Gasteiger partial charge < -0.3 is 5.11 Å². The molecule has 0 saturated heterocycles. The fourth-order valence-electron chi connectivity index (χ4n) is 1.26. The zero-order chi connectivity index (χ0) is 14.6. The van der Waals surface area contributed by atoms with Crippen LogP contribution in [0.4, 0.5) is 0 Å². The maximum absolute atomic E-state index is 12.0. The van der Waals surface area contributed by atoms with Crippen LogP contribution in [-0.4, -0.2) is 30.5 Å².